The standard InChI is InChI=1S/C17H23NO3/c1-12(2)16(20)11-18-10-4-6-14(18)9-8-13-5-3-7-15(19)17(13)21/h3,5,7,9,12,19,21H,4,6,8,10-11H2,1-2H3/b14-9+. The minimum atomic E-state index is -0.0934. The Morgan fingerprint density at radius 3 is 2.86 bits per heavy atom. The number of allylic oxidation sites excluding steroid dienone is 2. The van der Waals surface area contributed by atoms with Crippen LogP contribution >= 0.6 is 0 Å². The normalized spacial score (nSPS) is 16.9. The fourth-order valence-corrected chi connectivity index (χ4v) is 2.51. The van der Waals surface area contributed by atoms with E-state index in [9.17, 15) is 15.0 Å². The Bertz CT molecular complexity index is 549. The summed E-state index contributed by atoms with van der Waals surface area (Å²) < 4.78 is 0. The highest BCUT2D eigenvalue weighted by Crippen LogP contribution is 2.30. The van der Waals surface area contributed by atoms with Gasteiger partial charge in [0.2, 0.25) is 0 Å². The van der Waals surface area contributed by atoms with Crippen LogP contribution in [0, 0.1) is 5.92 Å². The molecule has 0 saturated carbocycles. The highest BCUT2D eigenvalue weighted by molar-refractivity contribution is 5.82. The second kappa shape index (κ2) is 6.66. The van der Waals surface area contributed by atoms with Gasteiger partial charge in [-0.1, -0.05) is 32.1 Å². The van der Waals surface area contributed by atoms with Gasteiger partial charge in [-0.2, -0.15) is 0 Å². The molecule has 0 aliphatic carbocycles. The van der Waals surface area contributed by atoms with E-state index in [-0.39, 0.29) is 23.2 Å². The molecule has 1 fully saturated rings. The van der Waals surface area contributed by atoms with Gasteiger partial charge < -0.3 is 15.1 Å². The molecule has 2 rings (SSSR count). The van der Waals surface area contributed by atoms with Gasteiger partial charge in [0.05, 0.1) is 6.54 Å². The fourth-order valence-electron chi connectivity index (χ4n) is 2.51. The average molecular weight is 289 g/mol. The summed E-state index contributed by atoms with van der Waals surface area (Å²) in [5.41, 5.74) is 1.86. The van der Waals surface area contributed by atoms with Crippen LogP contribution < -0.4 is 0 Å². The molecule has 4 nitrogen and oxygen atoms in total. The third-order valence-electron chi connectivity index (χ3n) is 3.91. The van der Waals surface area contributed by atoms with E-state index in [1.807, 2.05) is 13.8 Å². The Balaban J connectivity index is 2.06. The molecular weight excluding hydrogens is 266 g/mol. The van der Waals surface area contributed by atoms with Crippen LogP contribution in [0.4, 0.5) is 0 Å². The molecule has 1 aliphatic heterocycles. The van der Waals surface area contributed by atoms with Gasteiger partial charge in [0.25, 0.3) is 0 Å². The highest BCUT2D eigenvalue weighted by atomic mass is 16.3. The van der Waals surface area contributed by atoms with Crippen molar-refractivity contribution in [3.63, 3.8) is 0 Å². The second-order valence-electron chi connectivity index (χ2n) is 5.83. The number of rotatable bonds is 5. The van der Waals surface area contributed by atoms with Crippen molar-refractivity contribution in [2.24, 2.45) is 5.92 Å². The smallest absolute Gasteiger partial charge is 0.160 e. The van der Waals surface area contributed by atoms with Gasteiger partial charge in [0.15, 0.2) is 17.3 Å². The van der Waals surface area contributed by atoms with Gasteiger partial charge in [-0.15, -0.1) is 0 Å². The lowest BCUT2D eigenvalue weighted by atomic mass is 10.1. The number of carbonyl (C=O) groups excluding carboxylic acids is 1. The van der Waals surface area contributed by atoms with Crippen LogP contribution in [0.2, 0.25) is 0 Å². The summed E-state index contributed by atoms with van der Waals surface area (Å²) >= 11 is 0. The molecule has 21 heavy (non-hydrogen) atoms. The van der Waals surface area contributed by atoms with Crippen molar-refractivity contribution in [2.45, 2.75) is 33.1 Å². The van der Waals surface area contributed by atoms with E-state index >= 15 is 0 Å². The molecule has 0 radical (unpaired) electrons. The van der Waals surface area contributed by atoms with Gasteiger partial charge >= 0.3 is 0 Å². The van der Waals surface area contributed by atoms with Crippen molar-refractivity contribution in [3.8, 4) is 11.5 Å². The number of phenolic OH excluding ortho intramolecular Hbond substituents is 2. The molecule has 114 valence electrons. The zero-order chi connectivity index (χ0) is 15.4. The molecule has 1 aromatic carbocycles. The molecule has 1 aliphatic rings. The van der Waals surface area contributed by atoms with Crippen LogP contribution in [0.5, 0.6) is 11.5 Å². The second-order valence-corrected chi connectivity index (χ2v) is 5.83. The van der Waals surface area contributed by atoms with Crippen LogP contribution in [-0.2, 0) is 11.2 Å². The maximum Gasteiger partial charge on any atom is 0.160 e. The molecule has 0 atom stereocenters. The Morgan fingerprint density at radius 1 is 1.38 bits per heavy atom. The molecule has 1 heterocycles. The molecule has 0 unspecified atom stereocenters. The van der Waals surface area contributed by atoms with Gasteiger partial charge in [-0.3, -0.25) is 4.79 Å². The van der Waals surface area contributed by atoms with Crippen molar-refractivity contribution in [1.29, 1.82) is 0 Å². The molecule has 2 N–H and O–H groups in total. The molecule has 0 amide bonds. The number of nitrogens with zero attached hydrogens (tertiary/aromatic N) is 1. The Morgan fingerprint density at radius 2 is 2.14 bits per heavy atom. The quantitative estimate of drug-likeness (QED) is 0.818. The Labute approximate surface area is 125 Å². The Hall–Kier alpha value is -1.97. The van der Waals surface area contributed by atoms with E-state index in [0.717, 1.165) is 25.1 Å². The molecule has 0 aromatic heterocycles. The summed E-state index contributed by atoms with van der Waals surface area (Å²) in [4.78, 5) is 14.0. The van der Waals surface area contributed by atoms with Crippen molar-refractivity contribution < 1.29 is 15.0 Å². The van der Waals surface area contributed by atoms with E-state index in [1.54, 1.807) is 12.1 Å². The van der Waals surface area contributed by atoms with Crippen LogP contribution in [0.1, 0.15) is 32.3 Å². The van der Waals surface area contributed by atoms with Gasteiger partial charge in [0.1, 0.15) is 0 Å². The number of likely N-dealkylation sites (tertiary alicyclic amines) is 1. The summed E-state index contributed by atoms with van der Waals surface area (Å²) in [6.07, 6.45) is 4.63. The Kier molecular flexibility index (Phi) is 4.89. The lowest BCUT2D eigenvalue weighted by Gasteiger charge is -2.20. The number of aromatic hydroxyl groups is 2. The number of hydrogen-bond donors (Lipinski definition) is 2. The third-order valence-corrected chi connectivity index (χ3v) is 3.91. The van der Waals surface area contributed by atoms with Gasteiger partial charge in [-0.05, 0) is 25.3 Å². The lowest BCUT2D eigenvalue weighted by molar-refractivity contribution is -0.122. The molecule has 0 bridgehead atoms. The summed E-state index contributed by atoms with van der Waals surface area (Å²) in [6.45, 7) is 5.23. The maximum absolute atomic E-state index is 11.9. The van der Waals surface area contributed by atoms with Gasteiger partial charge in [-0.25, -0.2) is 0 Å². The molecule has 1 saturated heterocycles. The van der Waals surface area contributed by atoms with Gasteiger partial charge in [0, 0.05) is 23.7 Å². The predicted molar refractivity (Wildman–Crippen MR) is 82.2 cm³/mol. The molecule has 4 heteroatoms. The number of benzene rings is 1. The van der Waals surface area contributed by atoms with Crippen LogP contribution in [0.15, 0.2) is 30.0 Å². The van der Waals surface area contributed by atoms with Crippen molar-refractivity contribution in [2.75, 3.05) is 13.1 Å². The summed E-state index contributed by atoms with van der Waals surface area (Å²) in [5.74, 6) is 0.159. The minimum absolute atomic E-state index is 0.0574. The number of para-hydroxylation sites is 1. The monoisotopic (exact) mass is 289 g/mol. The predicted octanol–water partition coefficient (Wildman–Crippen LogP) is 2.85. The van der Waals surface area contributed by atoms with Crippen LogP contribution in [-0.4, -0.2) is 34.0 Å². The molecule has 1 aromatic rings. The largest absolute Gasteiger partial charge is 0.504 e. The van der Waals surface area contributed by atoms with Crippen molar-refractivity contribution >= 4 is 5.78 Å². The van der Waals surface area contributed by atoms with E-state index in [0.29, 0.717) is 18.5 Å². The zero-order valence-electron chi connectivity index (χ0n) is 12.7. The topological polar surface area (TPSA) is 60.8 Å². The first-order chi connectivity index (χ1) is 9.99. The van der Waals surface area contributed by atoms with E-state index in [1.165, 1.54) is 6.07 Å². The first kappa shape index (κ1) is 15.4. The molecule has 0 spiro atoms. The third kappa shape index (κ3) is 3.78. The van der Waals surface area contributed by atoms with E-state index in [2.05, 4.69) is 11.0 Å². The van der Waals surface area contributed by atoms with Crippen LogP contribution in [0.25, 0.3) is 0 Å². The summed E-state index contributed by atoms with van der Waals surface area (Å²) in [6, 6.07) is 4.98. The van der Waals surface area contributed by atoms with Crippen molar-refractivity contribution in [1.82, 2.24) is 4.90 Å². The first-order valence-electron chi connectivity index (χ1n) is 7.45. The minimum Gasteiger partial charge on any atom is -0.504 e. The average Bonchev–Trinajstić information content (AvgIpc) is 2.87. The SMILES string of the molecule is CC(C)C(=O)CN1CCC/C1=C\Cc1cccc(O)c1O. The number of hydrogen-bond acceptors (Lipinski definition) is 4. The number of carbonyl (C=O) groups is 1. The zero-order valence-corrected chi connectivity index (χ0v) is 12.7. The van der Waals surface area contributed by atoms with E-state index < -0.39 is 0 Å². The van der Waals surface area contributed by atoms with Crippen molar-refractivity contribution in [3.05, 3.63) is 35.5 Å². The number of phenols is 2. The van der Waals surface area contributed by atoms with E-state index in [4.69, 9.17) is 0 Å². The first-order valence-corrected chi connectivity index (χ1v) is 7.45. The van der Waals surface area contributed by atoms with Crippen LogP contribution in [0.3, 0.4) is 0 Å². The maximum atomic E-state index is 11.9. The number of Topliss-reactive ketones (excluding diaryl/α,β-unsaturated/α-hetero) is 1. The lowest BCUT2D eigenvalue weighted by Crippen LogP contribution is -2.28. The highest BCUT2D eigenvalue weighted by Gasteiger charge is 2.20. The number of ketones is 1. The summed E-state index contributed by atoms with van der Waals surface area (Å²) in [5, 5.41) is 19.3. The summed E-state index contributed by atoms with van der Waals surface area (Å²) in [7, 11) is 0. The molecular formula is C17H23NO3. The fraction of sp³-hybridized carbons (Fsp3) is 0.471.